The summed E-state index contributed by atoms with van der Waals surface area (Å²) in [6.07, 6.45) is 9.92. The van der Waals surface area contributed by atoms with Crippen LogP contribution in [0.15, 0.2) is 114 Å². The first kappa shape index (κ1) is 30.2. The van der Waals surface area contributed by atoms with Gasteiger partial charge in [-0.1, -0.05) is 54.6 Å². The van der Waals surface area contributed by atoms with Crippen LogP contribution in [0.25, 0.3) is 6.08 Å². The van der Waals surface area contributed by atoms with Crippen LogP contribution in [0.5, 0.6) is 0 Å². The molecule has 8 heteroatoms. The number of likely N-dealkylation sites (tertiary alicyclic amines) is 1. The fraction of sp³-hybridized carbons (Fsp3) is 0.257. The summed E-state index contributed by atoms with van der Waals surface area (Å²) in [5, 5.41) is 0. The van der Waals surface area contributed by atoms with E-state index in [4.69, 9.17) is 0 Å². The summed E-state index contributed by atoms with van der Waals surface area (Å²) in [5.41, 5.74) is 5.26. The summed E-state index contributed by atoms with van der Waals surface area (Å²) < 4.78 is 23.6. The van der Waals surface area contributed by atoms with Crippen LogP contribution in [0, 0.1) is 0 Å². The van der Waals surface area contributed by atoms with E-state index < -0.39 is 9.84 Å². The molecule has 0 N–H and O–H groups in total. The Bertz CT molecular complexity index is 1620. The molecule has 1 amide bonds. The van der Waals surface area contributed by atoms with E-state index in [1.165, 1.54) is 11.8 Å². The number of sulfone groups is 1. The molecule has 2 heterocycles. The highest BCUT2D eigenvalue weighted by molar-refractivity contribution is 7.90. The van der Waals surface area contributed by atoms with E-state index >= 15 is 0 Å². The molecular weight excluding hydrogens is 556 g/mol. The molecule has 0 aliphatic carbocycles. The second kappa shape index (κ2) is 13.8. The Morgan fingerprint density at radius 3 is 2.12 bits per heavy atom. The number of anilines is 2. The molecule has 1 aromatic heterocycles. The standard InChI is InChI=1S/C35H38N4O3S/c1-37(32-18-22-36-23-19-32)31-13-8-30(9-14-31)27-39(33-20-24-38(25-21-33)26-29-6-4-3-5-7-29)35(40)17-12-28-10-15-34(16-11-28)43(2,41)42/h3-19,22-23,33H,20-21,24-27H2,1-2H3. The molecule has 1 fully saturated rings. The van der Waals surface area contributed by atoms with Crippen LogP contribution < -0.4 is 4.90 Å². The number of carbonyl (C=O) groups excluding carboxylic acids is 1. The molecule has 1 aliphatic rings. The number of hydrogen-bond acceptors (Lipinski definition) is 6. The zero-order chi connectivity index (χ0) is 30.2. The first-order valence-corrected chi connectivity index (χ1v) is 16.4. The van der Waals surface area contributed by atoms with Crippen molar-refractivity contribution in [3.05, 3.63) is 126 Å². The molecule has 0 atom stereocenters. The molecule has 7 nitrogen and oxygen atoms in total. The second-order valence-corrected chi connectivity index (χ2v) is 13.1. The summed E-state index contributed by atoms with van der Waals surface area (Å²) in [6, 6.07) is 29.5. The molecule has 0 bridgehead atoms. The lowest BCUT2D eigenvalue weighted by molar-refractivity contribution is -0.130. The Balaban J connectivity index is 1.30. The third-order valence-electron chi connectivity index (χ3n) is 7.98. The van der Waals surface area contributed by atoms with Crippen molar-refractivity contribution in [2.45, 2.75) is 36.9 Å². The van der Waals surface area contributed by atoms with Gasteiger partial charge >= 0.3 is 0 Å². The van der Waals surface area contributed by atoms with Gasteiger partial charge in [-0.05, 0) is 72.0 Å². The smallest absolute Gasteiger partial charge is 0.247 e. The largest absolute Gasteiger partial charge is 0.345 e. The number of hydrogen-bond donors (Lipinski definition) is 0. The zero-order valence-electron chi connectivity index (χ0n) is 24.7. The van der Waals surface area contributed by atoms with Gasteiger partial charge < -0.3 is 9.80 Å². The molecule has 1 aliphatic heterocycles. The number of rotatable bonds is 10. The number of benzene rings is 3. The molecule has 0 spiro atoms. The molecule has 5 rings (SSSR count). The maximum absolute atomic E-state index is 13.7. The van der Waals surface area contributed by atoms with Gasteiger partial charge in [-0.25, -0.2) is 8.42 Å². The third kappa shape index (κ3) is 8.18. The SMILES string of the molecule is CN(c1ccncc1)c1ccc(CN(C(=O)C=Cc2ccc(S(C)(=O)=O)cc2)C2CCN(Cc3ccccc3)CC2)cc1. The Morgan fingerprint density at radius 1 is 0.860 bits per heavy atom. The van der Waals surface area contributed by atoms with Gasteiger partial charge in [0.2, 0.25) is 5.91 Å². The van der Waals surface area contributed by atoms with Crippen LogP contribution in [-0.2, 0) is 27.7 Å². The molecule has 43 heavy (non-hydrogen) atoms. The Morgan fingerprint density at radius 2 is 1.49 bits per heavy atom. The molecule has 0 radical (unpaired) electrons. The van der Waals surface area contributed by atoms with E-state index in [0.29, 0.717) is 6.54 Å². The highest BCUT2D eigenvalue weighted by Gasteiger charge is 2.27. The molecule has 4 aromatic rings. The minimum atomic E-state index is -3.27. The first-order valence-electron chi connectivity index (χ1n) is 14.5. The number of nitrogens with zero attached hydrogens (tertiary/aromatic N) is 4. The maximum atomic E-state index is 13.7. The first-order chi connectivity index (χ1) is 20.8. The van der Waals surface area contributed by atoms with Crippen molar-refractivity contribution < 1.29 is 13.2 Å². The predicted octanol–water partition coefficient (Wildman–Crippen LogP) is 5.96. The van der Waals surface area contributed by atoms with E-state index in [0.717, 1.165) is 55.0 Å². The van der Waals surface area contributed by atoms with Crippen molar-refractivity contribution in [2.75, 3.05) is 31.3 Å². The number of aromatic nitrogens is 1. The molecular formula is C35H38N4O3S. The van der Waals surface area contributed by atoms with Crippen LogP contribution >= 0.6 is 0 Å². The number of amides is 1. The van der Waals surface area contributed by atoms with Crippen molar-refractivity contribution in [1.29, 1.82) is 0 Å². The fourth-order valence-corrected chi connectivity index (χ4v) is 6.08. The van der Waals surface area contributed by atoms with E-state index in [1.807, 2.05) is 30.1 Å². The van der Waals surface area contributed by atoms with Crippen molar-refractivity contribution in [3.63, 3.8) is 0 Å². The van der Waals surface area contributed by atoms with Gasteiger partial charge in [0.05, 0.1) is 4.90 Å². The van der Waals surface area contributed by atoms with E-state index in [2.05, 4.69) is 63.3 Å². The van der Waals surface area contributed by atoms with Gasteiger partial charge in [0.25, 0.3) is 0 Å². The Hall–Kier alpha value is -4.27. The zero-order valence-corrected chi connectivity index (χ0v) is 25.5. The summed E-state index contributed by atoms with van der Waals surface area (Å²) >= 11 is 0. The molecule has 0 unspecified atom stereocenters. The van der Waals surface area contributed by atoms with E-state index in [9.17, 15) is 13.2 Å². The molecule has 1 saturated heterocycles. The van der Waals surface area contributed by atoms with Crippen LogP contribution in [0.2, 0.25) is 0 Å². The van der Waals surface area contributed by atoms with Crippen molar-refractivity contribution in [2.24, 2.45) is 0 Å². The molecule has 222 valence electrons. The van der Waals surface area contributed by atoms with Crippen molar-refractivity contribution >= 4 is 33.2 Å². The lowest BCUT2D eigenvalue weighted by Gasteiger charge is -2.38. The van der Waals surface area contributed by atoms with Gasteiger partial charge in [-0.2, -0.15) is 0 Å². The van der Waals surface area contributed by atoms with Gasteiger partial charge in [0.15, 0.2) is 9.84 Å². The summed E-state index contributed by atoms with van der Waals surface area (Å²) in [4.78, 5) is 24.6. The number of pyridine rings is 1. The fourth-order valence-electron chi connectivity index (χ4n) is 5.45. The van der Waals surface area contributed by atoms with Crippen molar-refractivity contribution in [3.8, 4) is 0 Å². The average Bonchev–Trinajstić information content (AvgIpc) is 3.03. The summed E-state index contributed by atoms with van der Waals surface area (Å²) in [5.74, 6) is -0.0494. The monoisotopic (exact) mass is 594 g/mol. The predicted molar refractivity (Wildman–Crippen MR) is 173 cm³/mol. The van der Waals surface area contributed by atoms with Gasteiger partial charge in [0, 0.05) is 75.4 Å². The Labute approximate surface area is 255 Å². The minimum absolute atomic E-state index is 0.0494. The van der Waals surface area contributed by atoms with Crippen LogP contribution in [0.1, 0.15) is 29.5 Å². The second-order valence-electron chi connectivity index (χ2n) is 11.1. The van der Waals surface area contributed by atoms with Gasteiger partial charge in [0.1, 0.15) is 0 Å². The summed E-state index contributed by atoms with van der Waals surface area (Å²) in [6.45, 7) is 3.28. The highest BCUT2D eigenvalue weighted by atomic mass is 32.2. The normalized spacial score (nSPS) is 14.6. The average molecular weight is 595 g/mol. The lowest BCUT2D eigenvalue weighted by Crippen LogP contribution is -2.46. The highest BCUT2D eigenvalue weighted by Crippen LogP contribution is 2.25. The molecule has 3 aromatic carbocycles. The number of piperidine rings is 1. The third-order valence-corrected chi connectivity index (χ3v) is 9.11. The maximum Gasteiger partial charge on any atom is 0.247 e. The topological polar surface area (TPSA) is 73.8 Å². The van der Waals surface area contributed by atoms with Crippen LogP contribution in [-0.4, -0.2) is 61.5 Å². The van der Waals surface area contributed by atoms with Crippen LogP contribution in [0.4, 0.5) is 11.4 Å². The Kier molecular flexibility index (Phi) is 9.69. The van der Waals surface area contributed by atoms with Gasteiger partial charge in [-0.3, -0.25) is 14.7 Å². The summed E-state index contributed by atoms with van der Waals surface area (Å²) in [7, 11) is -1.25. The van der Waals surface area contributed by atoms with Gasteiger partial charge in [-0.15, -0.1) is 0 Å². The van der Waals surface area contributed by atoms with Crippen LogP contribution in [0.3, 0.4) is 0 Å². The molecule has 0 saturated carbocycles. The lowest BCUT2D eigenvalue weighted by atomic mass is 10.0. The number of carbonyl (C=O) groups is 1. The van der Waals surface area contributed by atoms with Crippen molar-refractivity contribution in [1.82, 2.24) is 14.8 Å². The minimum Gasteiger partial charge on any atom is -0.345 e. The van der Waals surface area contributed by atoms with E-state index in [1.54, 1.807) is 48.8 Å². The van der Waals surface area contributed by atoms with E-state index in [-0.39, 0.29) is 16.8 Å². The quantitative estimate of drug-likeness (QED) is 0.211.